The fourth-order valence-corrected chi connectivity index (χ4v) is 3.33. The van der Waals surface area contributed by atoms with Crippen LogP contribution in [0.1, 0.15) is 18.5 Å². The van der Waals surface area contributed by atoms with Gasteiger partial charge in [-0.25, -0.2) is 4.98 Å². The van der Waals surface area contributed by atoms with E-state index in [1.54, 1.807) is 6.07 Å². The van der Waals surface area contributed by atoms with Crippen LogP contribution in [-0.2, 0) is 0 Å². The van der Waals surface area contributed by atoms with Gasteiger partial charge in [-0.15, -0.1) is 0 Å². The van der Waals surface area contributed by atoms with Crippen LogP contribution in [0.15, 0.2) is 36.4 Å². The number of hydrogen-bond acceptors (Lipinski definition) is 6. The SMILES string of the molecule is N#Cc1cccc(N2CCC[C@H](Nc3ccc4c(c3)OCCO4)C2)n1. The third-order valence-electron chi connectivity index (χ3n) is 4.51. The van der Waals surface area contributed by atoms with E-state index in [1.807, 2.05) is 30.3 Å². The van der Waals surface area contributed by atoms with E-state index in [2.05, 4.69) is 21.3 Å². The molecule has 1 N–H and O–H groups in total. The number of nitrogens with zero attached hydrogens (tertiary/aromatic N) is 3. The van der Waals surface area contributed by atoms with Gasteiger partial charge in [0.2, 0.25) is 0 Å². The summed E-state index contributed by atoms with van der Waals surface area (Å²) in [6.07, 6.45) is 2.18. The highest BCUT2D eigenvalue weighted by molar-refractivity contribution is 5.56. The Morgan fingerprint density at radius 3 is 2.92 bits per heavy atom. The predicted molar refractivity (Wildman–Crippen MR) is 95.2 cm³/mol. The second-order valence-corrected chi connectivity index (χ2v) is 6.28. The molecule has 1 saturated heterocycles. The largest absolute Gasteiger partial charge is 0.486 e. The van der Waals surface area contributed by atoms with E-state index in [-0.39, 0.29) is 0 Å². The first-order valence-corrected chi connectivity index (χ1v) is 8.60. The molecule has 128 valence electrons. The lowest BCUT2D eigenvalue weighted by molar-refractivity contribution is 0.171. The predicted octanol–water partition coefficient (Wildman–Crippen LogP) is 2.81. The van der Waals surface area contributed by atoms with Gasteiger partial charge in [0.15, 0.2) is 11.5 Å². The van der Waals surface area contributed by atoms with Crippen LogP contribution in [0.3, 0.4) is 0 Å². The summed E-state index contributed by atoms with van der Waals surface area (Å²) in [6, 6.07) is 14.0. The Morgan fingerprint density at radius 2 is 2.04 bits per heavy atom. The van der Waals surface area contributed by atoms with Crippen molar-refractivity contribution in [2.24, 2.45) is 0 Å². The Morgan fingerprint density at radius 1 is 1.16 bits per heavy atom. The molecule has 25 heavy (non-hydrogen) atoms. The van der Waals surface area contributed by atoms with Crippen LogP contribution < -0.4 is 19.7 Å². The molecule has 2 aliphatic rings. The smallest absolute Gasteiger partial charge is 0.163 e. The van der Waals surface area contributed by atoms with E-state index in [4.69, 9.17) is 14.7 Å². The van der Waals surface area contributed by atoms with Crippen LogP contribution in [0.25, 0.3) is 0 Å². The van der Waals surface area contributed by atoms with Gasteiger partial charge in [0, 0.05) is 30.9 Å². The maximum Gasteiger partial charge on any atom is 0.163 e. The second kappa shape index (κ2) is 6.89. The number of piperidine rings is 1. The minimum absolute atomic E-state index is 0.323. The molecular weight excluding hydrogens is 316 g/mol. The summed E-state index contributed by atoms with van der Waals surface area (Å²) in [7, 11) is 0. The zero-order valence-corrected chi connectivity index (χ0v) is 13.9. The van der Waals surface area contributed by atoms with Crippen LogP contribution in [0, 0.1) is 11.3 Å². The van der Waals surface area contributed by atoms with E-state index in [0.717, 1.165) is 48.9 Å². The number of hydrogen-bond donors (Lipinski definition) is 1. The number of ether oxygens (including phenoxy) is 2. The third-order valence-corrected chi connectivity index (χ3v) is 4.51. The summed E-state index contributed by atoms with van der Waals surface area (Å²) in [5.74, 6) is 2.47. The van der Waals surface area contributed by atoms with Crippen molar-refractivity contribution in [3.05, 3.63) is 42.1 Å². The van der Waals surface area contributed by atoms with E-state index in [0.29, 0.717) is 24.9 Å². The maximum absolute atomic E-state index is 9.04. The summed E-state index contributed by atoms with van der Waals surface area (Å²) >= 11 is 0. The number of rotatable bonds is 3. The van der Waals surface area contributed by atoms with Crippen molar-refractivity contribution < 1.29 is 9.47 Å². The molecule has 4 rings (SSSR count). The summed E-state index contributed by atoms with van der Waals surface area (Å²) in [4.78, 5) is 6.65. The molecule has 1 atom stereocenters. The number of fused-ring (bicyclic) bond motifs is 1. The summed E-state index contributed by atoms with van der Waals surface area (Å²) in [5, 5.41) is 12.6. The average molecular weight is 336 g/mol. The molecule has 0 spiro atoms. The highest BCUT2D eigenvalue weighted by atomic mass is 16.6. The highest BCUT2D eigenvalue weighted by Crippen LogP contribution is 2.33. The first-order chi connectivity index (χ1) is 12.3. The van der Waals surface area contributed by atoms with Crippen molar-refractivity contribution >= 4 is 11.5 Å². The van der Waals surface area contributed by atoms with Crippen molar-refractivity contribution in [2.45, 2.75) is 18.9 Å². The zero-order valence-electron chi connectivity index (χ0n) is 13.9. The van der Waals surface area contributed by atoms with Gasteiger partial charge < -0.3 is 19.7 Å². The van der Waals surface area contributed by atoms with Crippen LogP contribution in [0.2, 0.25) is 0 Å². The second-order valence-electron chi connectivity index (χ2n) is 6.28. The Labute approximate surface area is 147 Å². The molecule has 0 amide bonds. The molecule has 6 nitrogen and oxygen atoms in total. The van der Waals surface area contributed by atoms with Crippen LogP contribution >= 0.6 is 0 Å². The van der Waals surface area contributed by atoms with E-state index in [9.17, 15) is 0 Å². The fraction of sp³-hybridized carbons (Fsp3) is 0.368. The first kappa shape index (κ1) is 15.6. The van der Waals surface area contributed by atoms with Crippen molar-refractivity contribution in [2.75, 3.05) is 36.5 Å². The zero-order chi connectivity index (χ0) is 17.1. The Bertz CT molecular complexity index is 802. The lowest BCUT2D eigenvalue weighted by atomic mass is 10.0. The topological polar surface area (TPSA) is 70.4 Å². The molecule has 2 aromatic rings. The normalized spacial score (nSPS) is 19.2. The van der Waals surface area contributed by atoms with Crippen molar-refractivity contribution in [1.29, 1.82) is 5.26 Å². The Hall–Kier alpha value is -2.94. The number of nitriles is 1. The lowest BCUT2D eigenvalue weighted by Crippen LogP contribution is -2.42. The van der Waals surface area contributed by atoms with Crippen LogP contribution in [0.4, 0.5) is 11.5 Å². The van der Waals surface area contributed by atoms with Gasteiger partial charge >= 0.3 is 0 Å². The summed E-state index contributed by atoms with van der Waals surface area (Å²) in [6.45, 7) is 3.01. The van der Waals surface area contributed by atoms with Gasteiger partial charge in [-0.2, -0.15) is 5.26 Å². The number of nitrogens with one attached hydrogen (secondary N) is 1. The van der Waals surface area contributed by atoms with Gasteiger partial charge in [-0.05, 0) is 37.1 Å². The van der Waals surface area contributed by atoms with Gasteiger partial charge in [0.25, 0.3) is 0 Å². The lowest BCUT2D eigenvalue weighted by Gasteiger charge is -2.34. The molecule has 0 bridgehead atoms. The number of pyridine rings is 1. The third kappa shape index (κ3) is 3.45. The van der Waals surface area contributed by atoms with Crippen molar-refractivity contribution in [3.63, 3.8) is 0 Å². The molecule has 2 aliphatic heterocycles. The van der Waals surface area contributed by atoms with Crippen LogP contribution in [0.5, 0.6) is 11.5 Å². The number of anilines is 2. The monoisotopic (exact) mass is 336 g/mol. The van der Waals surface area contributed by atoms with E-state index < -0.39 is 0 Å². The molecule has 1 aromatic heterocycles. The van der Waals surface area contributed by atoms with Crippen LogP contribution in [-0.4, -0.2) is 37.3 Å². The number of aromatic nitrogens is 1. The Balaban J connectivity index is 1.45. The standard InChI is InChI=1S/C19H20N4O2/c20-12-15-3-1-5-19(22-15)23-8-2-4-16(13-23)21-14-6-7-17-18(11-14)25-10-9-24-17/h1,3,5-7,11,16,21H,2,4,8-10,13H2/t16-/m0/s1. The maximum atomic E-state index is 9.04. The molecule has 0 aliphatic carbocycles. The average Bonchev–Trinajstić information content (AvgIpc) is 2.68. The number of benzene rings is 1. The molecule has 0 saturated carbocycles. The minimum Gasteiger partial charge on any atom is -0.486 e. The molecule has 6 heteroatoms. The molecule has 3 heterocycles. The van der Waals surface area contributed by atoms with Gasteiger partial charge in [0.1, 0.15) is 30.8 Å². The van der Waals surface area contributed by atoms with Gasteiger partial charge in [-0.3, -0.25) is 0 Å². The van der Waals surface area contributed by atoms with Crippen molar-refractivity contribution in [3.8, 4) is 17.6 Å². The van der Waals surface area contributed by atoms with Gasteiger partial charge in [-0.1, -0.05) is 6.07 Å². The quantitative estimate of drug-likeness (QED) is 0.929. The molecule has 0 unspecified atom stereocenters. The Kier molecular flexibility index (Phi) is 4.30. The molecule has 1 fully saturated rings. The summed E-state index contributed by atoms with van der Waals surface area (Å²) < 4.78 is 11.2. The van der Waals surface area contributed by atoms with Gasteiger partial charge in [0.05, 0.1) is 0 Å². The van der Waals surface area contributed by atoms with Crippen molar-refractivity contribution in [1.82, 2.24) is 4.98 Å². The minimum atomic E-state index is 0.323. The van der Waals surface area contributed by atoms with E-state index >= 15 is 0 Å². The fourth-order valence-electron chi connectivity index (χ4n) is 3.33. The summed E-state index contributed by atoms with van der Waals surface area (Å²) in [5.41, 5.74) is 1.49. The molecular formula is C19H20N4O2. The molecule has 0 radical (unpaired) electrons. The van der Waals surface area contributed by atoms with E-state index in [1.165, 1.54) is 0 Å². The first-order valence-electron chi connectivity index (χ1n) is 8.60. The highest BCUT2D eigenvalue weighted by Gasteiger charge is 2.22. The molecule has 1 aromatic carbocycles.